The van der Waals surface area contributed by atoms with Crippen molar-refractivity contribution in [2.45, 2.75) is 13.5 Å². The molecule has 1 aliphatic rings. The summed E-state index contributed by atoms with van der Waals surface area (Å²) in [4.78, 5) is 2.31. The highest BCUT2D eigenvalue weighted by atomic mass is 32.2. The van der Waals surface area contributed by atoms with Gasteiger partial charge >= 0.3 is 0 Å². The Kier molecular flexibility index (Phi) is 4.80. The highest BCUT2D eigenvalue weighted by molar-refractivity contribution is 7.86. The third-order valence-corrected chi connectivity index (χ3v) is 5.71. The smallest absolute Gasteiger partial charge is 0.281 e. The van der Waals surface area contributed by atoms with Crippen LogP contribution in [0.5, 0.6) is 0 Å². The zero-order valence-corrected chi connectivity index (χ0v) is 13.2. The lowest BCUT2D eigenvalue weighted by atomic mass is 10.1. The highest BCUT2D eigenvalue weighted by Gasteiger charge is 2.28. The molecule has 0 N–H and O–H groups in total. The zero-order valence-electron chi connectivity index (χ0n) is 12.4. The zero-order chi connectivity index (χ0) is 14.8. The molecule has 0 amide bonds. The van der Waals surface area contributed by atoms with Crippen LogP contribution in [0, 0.1) is 6.92 Å². The van der Waals surface area contributed by atoms with Crippen LogP contribution in [0.25, 0.3) is 0 Å². The van der Waals surface area contributed by atoms with Crippen LogP contribution in [0.4, 0.5) is 0 Å². The maximum Gasteiger partial charge on any atom is 0.281 e. The Hall–Kier alpha value is -0.950. The molecule has 2 rings (SSSR count). The maximum absolute atomic E-state index is 12.0. The molecule has 1 aromatic rings. The van der Waals surface area contributed by atoms with Crippen molar-refractivity contribution < 1.29 is 8.42 Å². The largest absolute Gasteiger partial charge is 0.296 e. The fourth-order valence-electron chi connectivity index (χ4n) is 2.38. The van der Waals surface area contributed by atoms with Crippen LogP contribution in [-0.4, -0.2) is 62.2 Å². The SMILES string of the molecule is Cc1ccccc1CN1CCN(S(=O)(=O)N(C)C)CC1. The van der Waals surface area contributed by atoms with Gasteiger partial charge in [0.05, 0.1) is 0 Å². The van der Waals surface area contributed by atoms with Crippen LogP contribution in [0.2, 0.25) is 0 Å². The van der Waals surface area contributed by atoms with Crippen molar-refractivity contribution in [1.29, 1.82) is 0 Å². The van der Waals surface area contributed by atoms with E-state index in [1.807, 2.05) is 6.07 Å². The quantitative estimate of drug-likeness (QED) is 0.830. The Balaban J connectivity index is 1.94. The first-order valence-electron chi connectivity index (χ1n) is 6.85. The summed E-state index contributed by atoms with van der Waals surface area (Å²) in [6.45, 7) is 5.69. The molecule has 1 fully saturated rings. The van der Waals surface area contributed by atoms with Crippen LogP contribution in [0.15, 0.2) is 24.3 Å². The Morgan fingerprint density at radius 1 is 1.10 bits per heavy atom. The summed E-state index contributed by atoms with van der Waals surface area (Å²) in [6, 6.07) is 8.34. The Morgan fingerprint density at radius 3 is 2.25 bits per heavy atom. The second-order valence-corrected chi connectivity index (χ2v) is 7.53. The van der Waals surface area contributed by atoms with Crippen molar-refractivity contribution in [3.05, 3.63) is 35.4 Å². The molecule has 0 radical (unpaired) electrons. The lowest BCUT2D eigenvalue weighted by Crippen LogP contribution is -2.51. The summed E-state index contributed by atoms with van der Waals surface area (Å²) in [5.41, 5.74) is 2.60. The van der Waals surface area contributed by atoms with Crippen molar-refractivity contribution >= 4 is 10.2 Å². The van der Waals surface area contributed by atoms with E-state index in [4.69, 9.17) is 0 Å². The Bertz CT molecular complexity index is 549. The highest BCUT2D eigenvalue weighted by Crippen LogP contribution is 2.14. The molecular weight excluding hydrogens is 274 g/mol. The third kappa shape index (κ3) is 3.38. The van der Waals surface area contributed by atoms with E-state index in [2.05, 4.69) is 30.0 Å². The molecule has 0 aromatic heterocycles. The number of rotatable bonds is 4. The minimum Gasteiger partial charge on any atom is -0.296 e. The number of aryl methyl sites for hydroxylation is 1. The first-order valence-corrected chi connectivity index (χ1v) is 8.25. The molecule has 1 aliphatic heterocycles. The lowest BCUT2D eigenvalue weighted by molar-refractivity contribution is 0.177. The fourth-order valence-corrected chi connectivity index (χ4v) is 3.46. The van der Waals surface area contributed by atoms with Crippen LogP contribution in [0.3, 0.4) is 0 Å². The van der Waals surface area contributed by atoms with Crippen LogP contribution in [0.1, 0.15) is 11.1 Å². The number of piperazine rings is 1. The van der Waals surface area contributed by atoms with Gasteiger partial charge in [-0.2, -0.15) is 17.0 Å². The second kappa shape index (κ2) is 6.22. The van der Waals surface area contributed by atoms with Crippen molar-refractivity contribution in [1.82, 2.24) is 13.5 Å². The summed E-state index contributed by atoms with van der Waals surface area (Å²) in [5, 5.41) is 0. The molecule has 0 unspecified atom stereocenters. The van der Waals surface area contributed by atoms with E-state index in [1.54, 1.807) is 18.4 Å². The average Bonchev–Trinajstić information content (AvgIpc) is 2.42. The first kappa shape index (κ1) is 15.4. The third-order valence-electron chi connectivity index (χ3n) is 3.77. The van der Waals surface area contributed by atoms with Gasteiger partial charge in [0.25, 0.3) is 10.2 Å². The molecule has 5 nitrogen and oxygen atoms in total. The van der Waals surface area contributed by atoms with Crippen molar-refractivity contribution in [3.63, 3.8) is 0 Å². The van der Waals surface area contributed by atoms with Gasteiger partial charge in [-0.25, -0.2) is 0 Å². The Labute approximate surface area is 122 Å². The van der Waals surface area contributed by atoms with Crippen molar-refractivity contribution in [3.8, 4) is 0 Å². The number of nitrogens with zero attached hydrogens (tertiary/aromatic N) is 3. The van der Waals surface area contributed by atoms with Gasteiger partial charge in [0.15, 0.2) is 0 Å². The van der Waals surface area contributed by atoms with Gasteiger partial charge in [0.2, 0.25) is 0 Å². The van der Waals surface area contributed by atoms with Crippen molar-refractivity contribution in [2.24, 2.45) is 0 Å². The Morgan fingerprint density at radius 2 is 1.70 bits per heavy atom. The van der Waals surface area contributed by atoms with Gasteiger partial charge in [0, 0.05) is 46.8 Å². The maximum atomic E-state index is 12.0. The van der Waals surface area contributed by atoms with Gasteiger partial charge in [-0.1, -0.05) is 24.3 Å². The van der Waals surface area contributed by atoms with E-state index in [0.717, 1.165) is 19.6 Å². The number of hydrogen-bond acceptors (Lipinski definition) is 3. The minimum absolute atomic E-state index is 0.562. The molecule has 20 heavy (non-hydrogen) atoms. The molecule has 0 atom stereocenters. The summed E-state index contributed by atoms with van der Waals surface area (Å²) in [7, 11) is -0.108. The second-order valence-electron chi connectivity index (χ2n) is 5.39. The number of benzene rings is 1. The summed E-state index contributed by atoms with van der Waals surface area (Å²) >= 11 is 0. The van der Waals surface area contributed by atoms with Crippen LogP contribution < -0.4 is 0 Å². The topological polar surface area (TPSA) is 43.9 Å². The molecule has 0 spiro atoms. The molecule has 1 heterocycles. The van der Waals surface area contributed by atoms with Gasteiger partial charge in [-0.15, -0.1) is 0 Å². The molecule has 0 saturated carbocycles. The molecule has 0 aliphatic carbocycles. The van der Waals surface area contributed by atoms with E-state index in [-0.39, 0.29) is 0 Å². The molecule has 0 bridgehead atoms. The summed E-state index contributed by atoms with van der Waals surface area (Å²) < 4.78 is 26.9. The van der Waals surface area contributed by atoms with Gasteiger partial charge < -0.3 is 0 Å². The van der Waals surface area contributed by atoms with Crippen LogP contribution in [-0.2, 0) is 16.8 Å². The monoisotopic (exact) mass is 297 g/mol. The lowest BCUT2D eigenvalue weighted by Gasteiger charge is -2.35. The normalized spacial score (nSPS) is 18.6. The fraction of sp³-hybridized carbons (Fsp3) is 0.571. The molecule has 6 heteroatoms. The standard InChI is InChI=1S/C14H23N3O2S/c1-13-6-4-5-7-14(13)12-16-8-10-17(11-9-16)20(18,19)15(2)3/h4-7H,8-12H2,1-3H3. The number of hydrogen-bond donors (Lipinski definition) is 0. The minimum atomic E-state index is -3.26. The van der Waals surface area contributed by atoms with E-state index in [9.17, 15) is 8.42 Å². The molecule has 1 aromatic carbocycles. The van der Waals surface area contributed by atoms with Gasteiger partial charge in [-0.3, -0.25) is 4.90 Å². The van der Waals surface area contributed by atoms with E-state index in [0.29, 0.717) is 13.1 Å². The summed E-state index contributed by atoms with van der Waals surface area (Å²) in [6.07, 6.45) is 0. The summed E-state index contributed by atoms with van der Waals surface area (Å²) in [5.74, 6) is 0. The van der Waals surface area contributed by atoms with Gasteiger partial charge in [0.1, 0.15) is 0 Å². The predicted octanol–water partition coefficient (Wildman–Crippen LogP) is 0.919. The van der Waals surface area contributed by atoms with E-state index < -0.39 is 10.2 Å². The molecule has 1 saturated heterocycles. The van der Waals surface area contributed by atoms with Crippen LogP contribution >= 0.6 is 0 Å². The average molecular weight is 297 g/mol. The van der Waals surface area contributed by atoms with E-state index in [1.165, 1.54) is 15.4 Å². The van der Waals surface area contributed by atoms with Crippen molar-refractivity contribution in [2.75, 3.05) is 40.3 Å². The molecule has 112 valence electrons. The van der Waals surface area contributed by atoms with E-state index >= 15 is 0 Å². The predicted molar refractivity (Wildman–Crippen MR) is 80.6 cm³/mol. The van der Waals surface area contributed by atoms with Gasteiger partial charge in [-0.05, 0) is 18.1 Å². The first-order chi connectivity index (χ1) is 9.41. The molecular formula is C14H23N3O2S.